The molecule has 0 spiro atoms. The second-order valence-corrected chi connectivity index (χ2v) is 6.32. The van der Waals surface area contributed by atoms with E-state index >= 15 is 0 Å². The molecular weight excluding hydrogens is 314 g/mol. The third-order valence-corrected chi connectivity index (χ3v) is 4.46. The number of ether oxygens (including phenoxy) is 1. The van der Waals surface area contributed by atoms with Crippen molar-refractivity contribution in [1.29, 1.82) is 0 Å². The van der Waals surface area contributed by atoms with Gasteiger partial charge in [-0.15, -0.1) is 5.10 Å². The fourth-order valence-electron chi connectivity index (χ4n) is 2.90. The van der Waals surface area contributed by atoms with Crippen molar-refractivity contribution in [1.82, 2.24) is 15.0 Å². The number of benzene rings is 2. The molecule has 1 aliphatic carbocycles. The first-order valence-corrected chi connectivity index (χ1v) is 8.41. The maximum atomic E-state index is 11.9. The lowest BCUT2D eigenvalue weighted by Crippen LogP contribution is -2.04. The molecule has 0 aliphatic heterocycles. The van der Waals surface area contributed by atoms with Crippen molar-refractivity contribution in [3.8, 4) is 5.75 Å². The molecule has 0 bridgehead atoms. The predicted molar refractivity (Wildman–Crippen MR) is 96.4 cm³/mol. The number of methoxy groups -OCH3 is 1. The molecule has 5 nitrogen and oxygen atoms in total. The van der Waals surface area contributed by atoms with Gasteiger partial charge in [0.15, 0.2) is 5.78 Å². The number of ketones is 1. The largest absolute Gasteiger partial charge is 0.496 e. The first-order valence-electron chi connectivity index (χ1n) is 8.41. The minimum absolute atomic E-state index is 0.222. The number of fused-ring (bicyclic) bond motifs is 1. The molecule has 0 radical (unpaired) electrons. The summed E-state index contributed by atoms with van der Waals surface area (Å²) in [6.45, 7) is 0.557. The Morgan fingerprint density at radius 3 is 2.92 bits per heavy atom. The molecule has 0 saturated heterocycles. The van der Waals surface area contributed by atoms with E-state index < -0.39 is 0 Å². The van der Waals surface area contributed by atoms with Crippen LogP contribution in [0.3, 0.4) is 0 Å². The second-order valence-electron chi connectivity index (χ2n) is 6.32. The quantitative estimate of drug-likeness (QED) is 0.648. The van der Waals surface area contributed by atoms with E-state index in [1.54, 1.807) is 13.2 Å². The SMILES string of the molecule is COc1ccc(C=CC(=O)C2CC2)cc1Cn1nnc2ccccc21. The van der Waals surface area contributed by atoms with E-state index in [2.05, 4.69) is 10.3 Å². The Morgan fingerprint density at radius 1 is 1.28 bits per heavy atom. The third kappa shape index (κ3) is 3.31. The summed E-state index contributed by atoms with van der Waals surface area (Å²) in [5, 5.41) is 8.43. The van der Waals surface area contributed by atoms with Crippen LogP contribution in [0.1, 0.15) is 24.0 Å². The van der Waals surface area contributed by atoms with Crippen LogP contribution in [0.5, 0.6) is 5.75 Å². The van der Waals surface area contributed by atoms with Crippen LogP contribution >= 0.6 is 0 Å². The van der Waals surface area contributed by atoms with Crippen LogP contribution in [0, 0.1) is 5.92 Å². The Morgan fingerprint density at radius 2 is 2.12 bits per heavy atom. The first kappa shape index (κ1) is 15.6. The lowest BCUT2D eigenvalue weighted by molar-refractivity contribution is -0.115. The maximum Gasteiger partial charge on any atom is 0.158 e. The Hall–Kier alpha value is -2.95. The van der Waals surface area contributed by atoms with Gasteiger partial charge in [0.25, 0.3) is 0 Å². The van der Waals surface area contributed by atoms with Gasteiger partial charge < -0.3 is 4.74 Å². The van der Waals surface area contributed by atoms with Gasteiger partial charge >= 0.3 is 0 Å². The maximum absolute atomic E-state index is 11.9. The number of carbonyl (C=O) groups is 1. The van der Waals surface area contributed by atoms with Crippen molar-refractivity contribution < 1.29 is 9.53 Å². The Labute approximate surface area is 145 Å². The summed E-state index contributed by atoms with van der Waals surface area (Å²) < 4.78 is 7.34. The van der Waals surface area contributed by atoms with Crippen LogP contribution in [0.2, 0.25) is 0 Å². The van der Waals surface area contributed by atoms with Crippen LogP contribution in [0.25, 0.3) is 17.1 Å². The summed E-state index contributed by atoms with van der Waals surface area (Å²) in [5.74, 6) is 1.26. The number of carbonyl (C=O) groups excluding carboxylic acids is 1. The van der Waals surface area contributed by atoms with Gasteiger partial charge in [-0.05, 0) is 48.7 Å². The lowest BCUT2D eigenvalue weighted by atomic mass is 10.1. The minimum Gasteiger partial charge on any atom is -0.496 e. The number of nitrogens with zero attached hydrogens (tertiary/aromatic N) is 3. The Bertz CT molecular complexity index is 954. The third-order valence-electron chi connectivity index (χ3n) is 4.46. The molecule has 0 atom stereocenters. The molecule has 2 aromatic carbocycles. The average Bonchev–Trinajstić information content (AvgIpc) is 3.42. The molecule has 1 fully saturated rings. The van der Waals surface area contributed by atoms with Gasteiger partial charge in [0.05, 0.1) is 19.2 Å². The monoisotopic (exact) mass is 333 g/mol. The molecule has 0 N–H and O–H groups in total. The summed E-state index contributed by atoms with van der Waals surface area (Å²) in [7, 11) is 1.66. The fraction of sp³-hybridized carbons (Fsp3) is 0.250. The van der Waals surface area contributed by atoms with Gasteiger partial charge in [0.2, 0.25) is 0 Å². The summed E-state index contributed by atoms with van der Waals surface area (Å²) in [6.07, 6.45) is 5.62. The van der Waals surface area contributed by atoms with Gasteiger partial charge in [-0.2, -0.15) is 0 Å². The van der Waals surface area contributed by atoms with Gasteiger partial charge in [-0.25, -0.2) is 4.68 Å². The fourth-order valence-corrected chi connectivity index (χ4v) is 2.90. The lowest BCUT2D eigenvalue weighted by Gasteiger charge is -2.10. The summed E-state index contributed by atoms with van der Waals surface area (Å²) >= 11 is 0. The van der Waals surface area contributed by atoms with Gasteiger partial charge in [-0.1, -0.05) is 29.5 Å². The molecule has 3 aromatic rings. The van der Waals surface area contributed by atoms with Crippen molar-refractivity contribution in [3.63, 3.8) is 0 Å². The molecule has 5 heteroatoms. The van der Waals surface area contributed by atoms with Gasteiger partial charge in [0.1, 0.15) is 11.3 Å². The molecule has 25 heavy (non-hydrogen) atoms. The highest BCUT2D eigenvalue weighted by Crippen LogP contribution is 2.30. The highest BCUT2D eigenvalue weighted by atomic mass is 16.5. The van der Waals surface area contributed by atoms with E-state index in [0.717, 1.165) is 40.8 Å². The molecule has 0 amide bonds. The summed E-state index contributed by atoms with van der Waals surface area (Å²) in [6, 6.07) is 13.8. The van der Waals surface area contributed by atoms with Crippen molar-refractivity contribution in [3.05, 3.63) is 59.7 Å². The standard InChI is InChI=1S/C20H19N3O2/c1-25-20-11-7-14(6-10-19(24)15-8-9-15)12-16(20)13-23-18-5-3-2-4-17(18)21-22-23/h2-7,10-12,15H,8-9,13H2,1H3. The molecule has 0 unspecified atom stereocenters. The van der Waals surface area contributed by atoms with Crippen LogP contribution in [0.4, 0.5) is 0 Å². The molecule has 1 aliphatic rings. The highest BCUT2D eigenvalue weighted by Gasteiger charge is 2.27. The van der Waals surface area contributed by atoms with Crippen LogP contribution < -0.4 is 4.74 Å². The van der Waals surface area contributed by atoms with E-state index in [1.165, 1.54) is 0 Å². The zero-order chi connectivity index (χ0) is 17.2. The average molecular weight is 333 g/mol. The number of para-hydroxylation sites is 1. The molecule has 1 saturated carbocycles. The molecule has 126 valence electrons. The Balaban J connectivity index is 1.63. The van der Waals surface area contributed by atoms with Crippen LogP contribution in [-0.2, 0) is 11.3 Å². The van der Waals surface area contributed by atoms with Crippen LogP contribution in [0.15, 0.2) is 48.5 Å². The van der Waals surface area contributed by atoms with Crippen molar-refractivity contribution in [2.75, 3.05) is 7.11 Å². The second kappa shape index (κ2) is 6.51. The van der Waals surface area contributed by atoms with E-state index in [-0.39, 0.29) is 11.7 Å². The minimum atomic E-state index is 0.222. The number of aromatic nitrogens is 3. The number of allylic oxidation sites excluding steroid dienone is 1. The van der Waals surface area contributed by atoms with Gasteiger partial charge in [-0.3, -0.25) is 4.79 Å². The first-order chi connectivity index (χ1) is 12.2. The van der Waals surface area contributed by atoms with E-state index in [9.17, 15) is 4.79 Å². The van der Waals surface area contributed by atoms with E-state index in [1.807, 2.05) is 53.2 Å². The summed E-state index contributed by atoms with van der Waals surface area (Å²) in [4.78, 5) is 11.9. The normalized spacial score (nSPS) is 14.3. The zero-order valence-corrected chi connectivity index (χ0v) is 14.1. The number of rotatable bonds is 6. The Kier molecular flexibility index (Phi) is 4.06. The number of hydrogen-bond donors (Lipinski definition) is 0. The predicted octanol–water partition coefficient (Wildman–Crippen LogP) is 3.48. The van der Waals surface area contributed by atoms with E-state index in [0.29, 0.717) is 6.54 Å². The number of hydrogen-bond acceptors (Lipinski definition) is 4. The molecule has 1 aromatic heterocycles. The van der Waals surface area contributed by atoms with Crippen LogP contribution in [-0.4, -0.2) is 27.9 Å². The topological polar surface area (TPSA) is 57.0 Å². The molecule has 4 rings (SSSR count). The highest BCUT2D eigenvalue weighted by molar-refractivity contribution is 5.96. The van der Waals surface area contributed by atoms with Crippen molar-refractivity contribution in [2.24, 2.45) is 5.92 Å². The van der Waals surface area contributed by atoms with E-state index in [4.69, 9.17) is 4.74 Å². The van der Waals surface area contributed by atoms with Gasteiger partial charge in [0, 0.05) is 11.5 Å². The van der Waals surface area contributed by atoms with Crippen molar-refractivity contribution in [2.45, 2.75) is 19.4 Å². The molecular formula is C20H19N3O2. The van der Waals surface area contributed by atoms with Crippen molar-refractivity contribution >= 4 is 22.9 Å². The zero-order valence-electron chi connectivity index (χ0n) is 14.1. The smallest absolute Gasteiger partial charge is 0.158 e. The summed E-state index contributed by atoms with van der Waals surface area (Å²) in [5.41, 5.74) is 3.83. The molecule has 1 heterocycles.